The standard InChI is InChI=1S/C13H19NO/c1-9-7-8-14-12(13(2,3)4)11(9)15-10-5-6-10/h7-8,10H,5-6H2,1-4H3. The summed E-state index contributed by atoms with van der Waals surface area (Å²) in [5.41, 5.74) is 2.33. The summed E-state index contributed by atoms with van der Waals surface area (Å²) in [6, 6.07) is 2.02. The molecule has 1 aliphatic rings. The van der Waals surface area contributed by atoms with Gasteiger partial charge in [-0.3, -0.25) is 4.98 Å². The monoisotopic (exact) mass is 205 g/mol. The minimum atomic E-state index is 0.0518. The number of ether oxygens (including phenoxy) is 1. The Hall–Kier alpha value is -1.05. The van der Waals surface area contributed by atoms with Crippen molar-refractivity contribution in [2.75, 3.05) is 0 Å². The molecule has 0 saturated heterocycles. The van der Waals surface area contributed by atoms with Gasteiger partial charge in [0.05, 0.1) is 11.8 Å². The maximum atomic E-state index is 5.95. The first kappa shape index (κ1) is 10.5. The molecule has 15 heavy (non-hydrogen) atoms. The second-order valence-corrected chi connectivity index (χ2v) is 5.37. The maximum absolute atomic E-state index is 5.95. The fraction of sp³-hybridized carbons (Fsp3) is 0.615. The minimum absolute atomic E-state index is 0.0518. The van der Waals surface area contributed by atoms with Crippen molar-refractivity contribution >= 4 is 0 Å². The molecule has 1 aromatic heterocycles. The Morgan fingerprint density at radius 2 is 2.00 bits per heavy atom. The quantitative estimate of drug-likeness (QED) is 0.739. The van der Waals surface area contributed by atoms with E-state index in [0.717, 1.165) is 11.4 Å². The molecule has 1 aromatic rings. The Morgan fingerprint density at radius 3 is 2.53 bits per heavy atom. The van der Waals surface area contributed by atoms with Crippen LogP contribution in [0.25, 0.3) is 0 Å². The second kappa shape index (κ2) is 3.51. The molecule has 1 aliphatic carbocycles. The van der Waals surface area contributed by atoms with E-state index in [0.29, 0.717) is 6.10 Å². The zero-order valence-electron chi connectivity index (χ0n) is 10.0. The Balaban J connectivity index is 2.38. The SMILES string of the molecule is Cc1ccnc(C(C)(C)C)c1OC1CC1. The van der Waals surface area contributed by atoms with E-state index >= 15 is 0 Å². The average Bonchev–Trinajstić information content (AvgIpc) is 2.90. The van der Waals surface area contributed by atoms with Crippen LogP contribution >= 0.6 is 0 Å². The average molecular weight is 205 g/mol. The lowest BCUT2D eigenvalue weighted by Gasteiger charge is -2.22. The van der Waals surface area contributed by atoms with Crippen molar-refractivity contribution in [3.63, 3.8) is 0 Å². The molecule has 2 rings (SSSR count). The van der Waals surface area contributed by atoms with Gasteiger partial charge in [-0.15, -0.1) is 0 Å². The smallest absolute Gasteiger partial charge is 0.144 e. The number of rotatable bonds is 2. The van der Waals surface area contributed by atoms with E-state index in [1.165, 1.54) is 18.4 Å². The molecule has 0 bridgehead atoms. The summed E-state index contributed by atoms with van der Waals surface area (Å²) in [7, 11) is 0. The van der Waals surface area contributed by atoms with Gasteiger partial charge in [0.2, 0.25) is 0 Å². The first-order valence-corrected chi connectivity index (χ1v) is 5.61. The summed E-state index contributed by atoms with van der Waals surface area (Å²) in [5.74, 6) is 1.01. The van der Waals surface area contributed by atoms with Crippen LogP contribution in [0.2, 0.25) is 0 Å². The zero-order valence-corrected chi connectivity index (χ0v) is 10.0. The molecule has 0 amide bonds. The molecule has 1 saturated carbocycles. The van der Waals surface area contributed by atoms with Gasteiger partial charge in [0.15, 0.2) is 0 Å². The van der Waals surface area contributed by atoms with Gasteiger partial charge in [-0.25, -0.2) is 0 Å². The van der Waals surface area contributed by atoms with Crippen LogP contribution in [0.1, 0.15) is 44.9 Å². The van der Waals surface area contributed by atoms with Crippen LogP contribution in [-0.4, -0.2) is 11.1 Å². The van der Waals surface area contributed by atoms with Crippen LogP contribution in [0, 0.1) is 6.92 Å². The number of hydrogen-bond donors (Lipinski definition) is 0. The highest BCUT2D eigenvalue weighted by Crippen LogP contribution is 2.35. The fourth-order valence-corrected chi connectivity index (χ4v) is 1.58. The largest absolute Gasteiger partial charge is 0.488 e. The first-order chi connectivity index (χ1) is 6.98. The third kappa shape index (κ3) is 2.31. The molecule has 2 nitrogen and oxygen atoms in total. The molecule has 82 valence electrons. The van der Waals surface area contributed by atoms with Crippen LogP contribution in [0.4, 0.5) is 0 Å². The Morgan fingerprint density at radius 1 is 1.33 bits per heavy atom. The summed E-state index contributed by atoms with van der Waals surface area (Å²) in [5, 5.41) is 0. The molecular weight excluding hydrogens is 186 g/mol. The van der Waals surface area contributed by atoms with Crippen molar-refractivity contribution in [3.05, 3.63) is 23.5 Å². The van der Waals surface area contributed by atoms with E-state index in [4.69, 9.17) is 4.74 Å². The predicted molar refractivity (Wildman–Crippen MR) is 61.3 cm³/mol. The van der Waals surface area contributed by atoms with Gasteiger partial charge in [-0.2, -0.15) is 0 Å². The normalized spacial score (nSPS) is 16.5. The van der Waals surface area contributed by atoms with Gasteiger partial charge in [0.25, 0.3) is 0 Å². The molecule has 0 unspecified atom stereocenters. The highest BCUT2D eigenvalue weighted by atomic mass is 16.5. The van der Waals surface area contributed by atoms with Crippen molar-refractivity contribution in [1.82, 2.24) is 4.98 Å². The number of hydrogen-bond acceptors (Lipinski definition) is 2. The van der Waals surface area contributed by atoms with Gasteiger partial charge in [0.1, 0.15) is 5.75 Å². The zero-order chi connectivity index (χ0) is 11.1. The topological polar surface area (TPSA) is 22.1 Å². The predicted octanol–water partition coefficient (Wildman–Crippen LogP) is 3.23. The van der Waals surface area contributed by atoms with Gasteiger partial charge >= 0.3 is 0 Å². The third-order valence-corrected chi connectivity index (χ3v) is 2.62. The molecule has 0 aromatic carbocycles. The minimum Gasteiger partial charge on any atom is -0.488 e. The number of aromatic nitrogens is 1. The Kier molecular flexibility index (Phi) is 2.45. The number of aryl methyl sites for hydroxylation is 1. The molecule has 0 atom stereocenters. The van der Waals surface area contributed by atoms with Crippen LogP contribution < -0.4 is 4.74 Å². The van der Waals surface area contributed by atoms with Crippen molar-refractivity contribution in [3.8, 4) is 5.75 Å². The molecule has 2 heteroatoms. The Labute approximate surface area is 91.7 Å². The number of pyridine rings is 1. The van der Waals surface area contributed by atoms with Crippen molar-refractivity contribution in [1.29, 1.82) is 0 Å². The summed E-state index contributed by atoms with van der Waals surface area (Å²) in [6.45, 7) is 8.62. The lowest BCUT2D eigenvalue weighted by Crippen LogP contribution is -2.16. The highest BCUT2D eigenvalue weighted by molar-refractivity contribution is 5.39. The molecule has 1 heterocycles. The molecular formula is C13H19NO. The highest BCUT2D eigenvalue weighted by Gasteiger charge is 2.28. The van der Waals surface area contributed by atoms with E-state index in [1.807, 2.05) is 12.3 Å². The van der Waals surface area contributed by atoms with E-state index in [9.17, 15) is 0 Å². The first-order valence-electron chi connectivity index (χ1n) is 5.61. The van der Waals surface area contributed by atoms with Gasteiger partial charge in [-0.1, -0.05) is 20.8 Å². The lowest BCUT2D eigenvalue weighted by atomic mass is 9.90. The van der Waals surface area contributed by atoms with Crippen LogP contribution in [-0.2, 0) is 5.41 Å². The third-order valence-electron chi connectivity index (χ3n) is 2.62. The second-order valence-electron chi connectivity index (χ2n) is 5.37. The number of nitrogens with zero attached hydrogens (tertiary/aromatic N) is 1. The van der Waals surface area contributed by atoms with Crippen molar-refractivity contribution in [2.45, 2.75) is 52.1 Å². The molecule has 0 spiro atoms. The summed E-state index contributed by atoms with van der Waals surface area (Å²) in [6.07, 6.45) is 4.69. The van der Waals surface area contributed by atoms with Crippen LogP contribution in [0.5, 0.6) is 5.75 Å². The van der Waals surface area contributed by atoms with E-state index < -0.39 is 0 Å². The summed E-state index contributed by atoms with van der Waals surface area (Å²) >= 11 is 0. The van der Waals surface area contributed by atoms with Crippen LogP contribution in [0.3, 0.4) is 0 Å². The molecule has 0 aliphatic heterocycles. The van der Waals surface area contributed by atoms with Gasteiger partial charge in [-0.05, 0) is 31.4 Å². The van der Waals surface area contributed by atoms with Crippen LogP contribution in [0.15, 0.2) is 12.3 Å². The van der Waals surface area contributed by atoms with E-state index in [2.05, 4.69) is 32.7 Å². The van der Waals surface area contributed by atoms with Crippen molar-refractivity contribution < 1.29 is 4.74 Å². The molecule has 1 fully saturated rings. The Bertz CT molecular complexity index is 361. The summed E-state index contributed by atoms with van der Waals surface area (Å²) in [4.78, 5) is 4.47. The van der Waals surface area contributed by atoms with E-state index in [-0.39, 0.29) is 5.41 Å². The maximum Gasteiger partial charge on any atom is 0.144 e. The molecule has 0 N–H and O–H groups in total. The summed E-state index contributed by atoms with van der Waals surface area (Å²) < 4.78 is 5.95. The van der Waals surface area contributed by atoms with Crippen molar-refractivity contribution in [2.24, 2.45) is 0 Å². The molecule has 0 radical (unpaired) electrons. The fourth-order valence-electron chi connectivity index (χ4n) is 1.58. The van der Waals surface area contributed by atoms with Gasteiger partial charge < -0.3 is 4.74 Å². The lowest BCUT2D eigenvalue weighted by molar-refractivity contribution is 0.290. The van der Waals surface area contributed by atoms with Gasteiger partial charge in [0, 0.05) is 11.6 Å². The van der Waals surface area contributed by atoms with E-state index in [1.54, 1.807) is 0 Å².